The van der Waals surface area contributed by atoms with Crippen molar-refractivity contribution in [2.45, 2.75) is 0 Å². The molecule has 0 aliphatic heterocycles. The van der Waals surface area contributed by atoms with Gasteiger partial charge in [-0.25, -0.2) is 0 Å². The Morgan fingerprint density at radius 3 is 2.67 bits per heavy atom. The number of halogens is 2. The van der Waals surface area contributed by atoms with Crippen LogP contribution in [0.4, 0.5) is 11.4 Å². The molecule has 0 aliphatic carbocycles. The first-order valence-corrected chi connectivity index (χ1v) is 6.79. The number of carbonyl (C=O) groups is 1. The van der Waals surface area contributed by atoms with Crippen molar-refractivity contribution in [2.24, 2.45) is 0 Å². The van der Waals surface area contributed by atoms with Gasteiger partial charge in [-0.2, -0.15) is 0 Å². The zero-order valence-electron chi connectivity index (χ0n) is 10.3. The van der Waals surface area contributed by atoms with E-state index in [2.05, 4.69) is 21.2 Å². The number of nitrogens with zero attached hydrogens (tertiary/aromatic N) is 1. The number of rotatable bonds is 3. The molecule has 0 unspecified atom stereocenters. The highest BCUT2D eigenvalue weighted by atomic mass is 79.9. The molecule has 6 nitrogen and oxygen atoms in total. The van der Waals surface area contributed by atoms with Crippen molar-refractivity contribution in [1.82, 2.24) is 0 Å². The minimum atomic E-state index is -0.722. The number of carbonyl (C=O) groups excluding carboxylic acids is 1. The lowest BCUT2D eigenvalue weighted by Gasteiger charge is -2.08. The van der Waals surface area contributed by atoms with Crippen LogP contribution in [0.25, 0.3) is 0 Å². The summed E-state index contributed by atoms with van der Waals surface area (Å²) in [5.41, 5.74) is -0.277. The summed E-state index contributed by atoms with van der Waals surface area (Å²) in [4.78, 5) is 22.4. The van der Waals surface area contributed by atoms with E-state index in [1.807, 2.05) is 0 Å². The predicted octanol–water partition coefficient (Wildman–Crippen LogP) is 3.97. The number of nitro groups is 1. The quantitative estimate of drug-likeness (QED) is 0.631. The Morgan fingerprint density at radius 2 is 2.00 bits per heavy atom. The second-order valence-electron chi connectivity index (χ2n) is 4.04. The van der Waals surface area contributed by atoms with Gasteiger partial charge in [-0.15, -0.1) is 0 Å². The van der Waals surface area contributed by atoms with Gasteiger partial charge in [0.05, 0.1) is 10.6 Å². The summed E-state index contributed by atoms with van der Waals surface area (Å²) in [7, 11) is 0. The third-order valence-corrected chi connectivity index (χ3v) is 3.52. The molecule has 0 fully saturated rings. The standard InChI is InChI=1S/C13H8BrClN2O4/c14-10-3-1-7(15)5-11(10)16-13(19)9-6-8(18)2-4-12(9)17(20)21/h1-6,18H,(H,16,19). The molecule has 0 radical (unpaired) electrons. The van der Waals surface area contributed by atoms with Crippen LogP contribution in [0.15, 0.2) is 40.9 Å². The van der Waals surface area contributed by atoms with E-state index < -0.39 is 16.5 Å². The zero-order valence-corrected chi connectivity index (χ0v) is 12.7. The number of hydrogen-bond donors (Lipinski definition) is 2. The summed E-state index contributed by atoms with van der Waals surface area (Å²) < 4.78 is 0.572. The van der Waals surface area contributed by atoms with Crippen LogP contribution < -0.4 is 5.32 Å². The molecule has 2 aromatic carbocycles. The number of nitrogens with one attached hydrogen (secondary N) is 1. The molecular weight excluding hydrogens is 364 g/mol. The Hall–Kier alpha value is -2.12. The van der Waals surface area contributed by atoms with Crippen molar-refractivity contribution < 1.29 is 14.8 Å². The van der Waals surface area contributed by atoms with Gasteiger partial charge in [0.2, 0.25) is 0 Å². The molecule has 8 heteroatoms. The van der Waals surface area contributed by atoms with Crippen molar-refractivity contribution >= 4 is 44.8 Å². The molecule has 0 atom stereocenters. The highest BCUT2D eigenvalue weighted by Crippen LogP contribution is 2.28. The van der Waals surface area contributed by atoms with E-state index in [0.29, 0.717) is 15.2 Å². The van der Waals surface area contributed by atoms with E-state index in [4.69, 9.17) is 11.6 Å². The van der Waals surface area contributed by atoms with E-state index in [9.17, 15) is 20.0 Å². The van der Waals surface area contributed by atoms with Gasteiger partial charge in [-0.3, -0.25) is 14.9 Å². The lowest BCUT2D eigenvalue weighted by molar-refractivity contribution is -0.385. The molecule has 0 heterocycles. The fourth-order valence-electron chi connectivity index (χ4n) is 1.65. The van der Waals surface area contributed by atoms with E-state index in [-0.39, 0.29) is 11.3 Å². The minimum Gasteiger partial charge on any atom is -0.508 e. The fraction of sp³-hybridized carbons (Fsp3) is 0. The number of anilines is 1. The molecule has 0 aromatic heterocycles. The van der Waals surface area contributed by atoms with Gasteiger partial charge in [0, 0.05) is 15.6 Å². The predicted molar refractivity (Wildman–Crippen MR) is 81.9 cm³/mol. The average Bonchev–Trinajstić information content (AvgIpc) is 2.42. The van der Waals surface area contributed by atoms with Crippen LogP contribution in [0.5, 0.6) is 5.75 Å². The Balaban J connectivity index is 2.39. The Kier molecular flexibility index (Phi) is 4.44. The van der Waals surface area contributed by atoms with E-state index in [1.54, 1.807) is 12.1 Å². The van der Waals surface area contributed by atoms with Gasteiger partial charge in [0.25, 0.3) is 11.6 Å². The van der Waals surface area contributed by atoms with E-state index in [1.165, 1.54) is 6.07 Å². The summed E-state index contributed by atoms with van der Waals surface area (Å²) in [6.45, 7) is 0. The van der Waals surface area contributed by atoms with Crippen LogP contribution in [-0.4, -0.2) is 15.9 Å². The molecule has 0 spiro atoms. The van der Waals surface area contributed by atoms with Gasteiger partial charge < -0.3 is 10.4 Å². The lowest BCUT2D eigenvalue weighted by atomic mass is 10.1. The normalized spacial score (nSPS) is 10.2. The van der Waals surface area contributed by atoms with Gasteiger partial charge in [-0.1, -0.05) is 11.6 Å². The number of hydrogen-bond acceptors (Lipinski definition) is 4. The fourth-order valence-corrected chi connectivity index (χ4v) is 2.17. The molecule has 0 saturated carbocycles. The molecule has 21 heavy (non-hydrogen) atoms. The summed E-state index contributed by atoms with van der Waals surface area (Å²) in [5, 5.41) is 23.2. The Morgan fingerprint density at radius 1 is 1.29 bits per heavy atom. The summed E-state index contributed by atoms with van der Waals surface area (Å²) in [5.74, 6) is -0.962. The molecule has 0 aliphatic rings. The summed E-state index contributed by atoms with van der Waals surface area (Å²) in [6.07, 6.45) is 0. The van der Waals surface area contributed by atoms with Crippen LogP contribution in [0, 0.1) is 10.1 Å². The first-order valence-electron chi connectivity index (χ1n) is 5.62. The van der Waals surface area contributed by atoms with Crippen molar-refractivity contribution in [2.75, 3.05) is 5.32 Å². The van der Waals surface area contributed by atoms with Crippen LogP contribution in [0.2, 0.25) is 5.02 Å². The molecule has 108 valence electrons. The van der Waals surface area contributed by atoms with E-state index in [0.717, 1.165) is 18.2 Å². The zero-order chi connectivity index (χ0) is 15.6. The first kappa shape index (κ1) is 15.3. The van der Waals surface area contributed by atoms with Gasteiger partial charge in [-0.05, 0) is 46.3 Å². The lowest BCUT2D eigenvalue weighted by Crippen LogP contribution is -2.14. The second kappa shape index (κ2) is 6.11. The van der Waals surface area contributed by atoms with Crippen LogP contribution in [0.3, 0.4) is 0 Å². The Labute approximate surface area is 132 Å². The summed E-state index contributed by atoms with van der Waals surface area (Å²) in [6, 6.07) is 8.00. The Bertz CT molecular complexity index is 736. The third kappa shape index (κ3) is 3.50. The van der Waals surface area contributed by atoms with Crippen molar-refractivity contribution in [3.05, 3.63) is 61.6 Å². The van der Waals surface area contributed by atoms with Crippen molar-refractivity contribution in [3.8, 4) is 5.75 Å². The molecular formula is C13H8BrClN2O4. The smallest absolute Gasteiger partial charge is 0.282 e. The van der Waals surface area contributed by atoms with Gasteiger partial charge in [0.1, 0.15) is 11.3 Å². The monoisotopic (exact) mass is 370 g/mol. The van der Waals surface area contributed by atoms with Crippen molar-refractivity contribution in [3.63, 3.8) is 0 Å². The van der Waals surface area contributed by atoms with E-state index >= 15 is 0 Å². The maximum absolute atomic E-state index is 12.2. The summed E-state index contributed by atoms with van der Waals surface area (Å²) >= 11 is 9.07. The van der Waals surface area contributed by atoms with Crippen LogP contribution in [0.1, 0.15) is 10.4 Å². The van der Waals surface area contributed by atoms with Gasteiger partial charge in [0.15, 0.2) is 0 Å². The molecule has 1 amide bonds. The molecule has 2 N–H and O–H groups in total. The SMILES string of the molecule is O=C(Nc1cc(Cl)ccc1Br)c1cc(O)ccc1[N+](=O)[O-]. The molecule has 0 bridgehead atoms. The molecule has 2 aromatic rings. The second-order valence-corrected chi connectivity index (χ2v) is 5.33. The number of amides is 1. The van der Waals surface area contributed by atoms with Crippen LogP contribution >= 0.6 is 27.5 Å². The number of phenolic OH excluding ortho intramolecular Hbond substituents is 1. The van der Waals surface area contributed by atoms with Crippen molar-refractivity contribution in [1.29, 1.82) is 0 Å². The topological polar surface area (TPSA) is 92.5 Å². The largest absolute Gasteiger partial charge is 0.508 e. The average molecular weight is 372 g/mol. The number of benzene rings is 2. The van der Waals surface area contributed by atoms with Crippen LogP contribution in [-0.2, 0) is 0 Å². The number of aromatic hydroxyl groups is 1. The first-order chi connectivity index (χ1) is 9.88. The number of phenols is 1. The third-order valence-electron chi connectivity index (χ3n) is 2.60. The van der Waals surface area contributed by atoms with Gasteiger partial charge >= 0.3 is 0 Å². The highest BCUT2D eigenvalue weighted by molar-refractivity contribution is 9.10. The maximum atomic E-state index is 12.2. The number of nitro benzene ring substituents is 1. The highest BCUT2D eigenvalue weighted by Gasteiger charge is 2.21. The maximum Gasteiger partial charge on any atom is 0.282 e. The minimum absolute atomic E-state index is 0.240. The molecule has 2 rings (SSSR count). The molecule has 0 saturated heterocycles.